The molecule has 1 atom stereocenters. The Morgan fingerprint density at radius 2 is 1.95 bits per heavy atom. The van der Waals surface area contributed by atoms with Gasteiger partial charge in [0.15, 0.2) is 9.84 Å². The summed E-state index contributed by atoms with van der Waals surface area (Å²) in [6, 6.07) is 8.36. The Balaban J connectivity index is 1.97. The zero-order valence-corrected chi connectivity index (χ0v) is 12.0. The number of aliphatic hydroxyl groups excluding tert-OH is 1. The van der Waals surface area contributed by atoms with Gasteiger partial charge in [-0.3, -0.25) is 0 Å². The molecule has 0 spiro atoms. The summed E-state index contributed by atoms with van der Waals surface area (Å²) in [6.07, 6.45) is 0.608. The van der Waals surface area contributed by atoms with Crippen LogP contribution in [0.15, 0.2) is 46.0 Å². The Morgan fingerprint density at radius 3 is 2.47 bits per heavy atom. The van der Waals surface area contributed by atoms with Crippen molar-refractivity contribution in [3.63, 3.8) is 0 Å². The Hall–Kier alpha value is -1.37. The highest BCUT2D eigenvalue weighted by molar-refractivity contribution is 7.90. The van der Waals surface area contributed by atoms with E-state index in [1.165, 1.54) is 17.6 Å². The first kappa shape index (κ1) is 14.0. The lowest BCUT2D eigenvalue weighted by molar-refractivity contribution is 0.192. The molecule has 0 bridgehead atoms. The maximum absolute atomic E-state index is 11.3. The van der Waals surface area contributed by atoms with Gasteiger partial charge in [-0.2, -0.15) is 11.3 Å². The predicted molar refractivity (Wildman–Crippen MR) is 77.3 cm³/mol. The van der Waals surface area contributed by atoms with Crippen LogP contribution in [0.4, 0.5) is 5.69 Å². The van der Waals surface area contributed by atoms with E-state index in [9.17, 15) is 13.5 Å². The number of sulfone groups is 1. The second-order valence-electron chi connectivity index (χ2n) is 4.25. The molecule has 4 nitrogen and oxygen atoms in total. The first-order valence-electron chi connectivity index (χ1n) is 5.71. The number of anilines is 1. The zero-order valence-electron chi connectivity index (χ0n) is 10.4. The fraction of sp³-hybridized carbons (Fsp3) is 0.231. The summed E-state index contributed by atoms with van der Waals surface area (Å²) in [7, 11) is -3.16. The highest BCUT2D eigenvalue weighted by Gasteiger charge is 2.08. The minimum absolute atomic E-state index is 0.288. The topological polar surface area (TPSA) is 66.4 Å². The van der Waals surface area contributed by atoms with E-state index >= 15 is 0 Å². The molecule has 2 aromatic rings. The predicted octanol–water partition coefficient (Wildman–Crippen LogP) is 2.30. The molecular formula is C13H15NO3S2. The third-order valence-corrected chi connectivity index (χ3v) is 4.54. The number of rotatable bonds is 5. The van der Waals surface area contributed by atoms with Crippen LogP contribution in [0.5, 0.6) is 0 Å². The third-order valence-electron chi connectivity index (χ3n) is 2.71. The summed E-state index contributed by atoms with van der Waals surface area (Å²) in [4.78, 5) is 0.288. The van der Waals surface area contributed by atoms with Gasteiger partial charge < -0.3 is 10.4 Å². The Bertz CT molecular complexity index is 618. The lowest BCUT2D eigenvalue weighted by atomic mass is 10.2. The van der Waals surface area contributed by atoms with Crippen LogP contribution in [0.25, 0.3) is 0 Å². The van der Waals surface area contributed by atoms with Crippen LogP contribution in [-0.2, 0) is 9.84 Å². The Morgan fingerprint density at radius 1 is 1.26 bits per heavy atom. The van der Waals surface area contributed by atoms with Gasteiger partial charge in [0.1, 0.15) is 0 Å². The monoisotopic (exact) mass is 297 g/mol. The zero-order chi connectivity index (χ0) is 13.9. The summed E-state index contributed by atoms with van der Waals surface area (Å²) in [5, 5.41) is 16.8. The van der Waals surface area contributed by atoms with Gasteiger partial charge in [-0.1, -0.05) is 0 Å². The minimum Gasteiger partial charge on any atom is -0.387 e. The van der Waals surface area contributed by atoms with Gasteiger partial charge in [-0.25, -0.2) is 8.42 Å². The molecule has 19 heavy (non-hydrogen) atoms. The smallest absolute Gasteiger partial charge is 0.175 e. The van der Waals surface area contributed by atoms with E-state index < -0.39 is 15.9 Å². The van der Waals surface area contributed by atoms with Gasteiger partial charge in [-0.05, 0) is 46.7 Å². The highest BCUT2D eigenvalue weighted by atomic mass is 32.2. The number of aliphatic hydroxyl groups is 1. The molecule has 2 N–H and O–H groups in total. The van der Waals surface area contributed by atoms with Crippen molar-refractivity contribution in [1.29, 1.82) is 0 Å². The molecule has 0 saturated heterocycles. The second kappa shape index (κ2) is 5.73. The lowest BCUT2D eigenvalue weighted by Gasteiger charge is -2.11. The SMILES string of the molecule is CS(=O)(=O)c1ccc(NCC(O)c2ccsc2)cc1. The van der Waals surface area contributed by atoms with Crippen molar-refractivity contribution in [3.8, 4) is 0 Å². The number of hydrogen-bond acceptors (Lipinski definition) is 5. The fourth-order valence-electron chi connectivity index (χ4n) is 1.62. The number of nitrogens with one attached hydrogen (secondary N) is 1. The first-order valence-corrected chi connectivity index (χ1v) is 8.54. The molecule has 2 rings (SSSR count). The van der Waals surface area contributed by atoms with Gasteiger partial charge in [0, 0.05) is 18.5 Å². The van der Waals surface area contributed by atoms with E-state index in [0.717, 1.165) is 11.3 Å². The van der Waals surface area contributed by atoms with Crippen LogP contribution < -0.4 is 5.32 Å². The summed E-state index contributed by atoms with van der Waals surface area (Å²) < 4.78 is 22.6. The summed E-state index contributed by atoms with van der Waals surface area (Å²) in [6.45, 7) is 0.384. The molecule has 0 aliphatic carbocycles. The van der Waals surface area contributed by atoms with Crippen LogP contribution in [0, 0.1) is 0 Å². The van der Waals surface area contributed by atoms with E-state index in [2.05, 4.69) is 5.32 Å². The van der Waals surface area contributed by atoms with Gasteiger partial charge >= 0.3 is 0 Å². The fourth-order valence-corrected chi connectivity index (χ4v) is 2.95. The second-order valence-corrected chi connectivity index (χ2v) is 7.05. The maximum atomic E-state index is 11.3. The van der Waals surface area contributed by atoms with Crippen LogP contribution in [0.1, 0.15) is 11.7 Å². The van der Waals surface area contributed by atoms with Crippen LogP contribution in [-0.4, -0.2) is 26.3 Å². The van der Waals surface area contributed by atoms with Crippen molar-refractivity contribution >= 4 is 26.9 Å². The number of hydrogen-bond donors (Lipinski definition) is 2. The number of thiophene rings is 1. The quantitative estimate of drug-likeness (QED) is 0.888. The van der Waals surface area contributed by atoms with E-state index in [4.69, 9.17) is 0 Å². The van der Waals surface area contributed by atoms with Gasteiger partial charge in [0.05, 0.1) is 11.0 Å². The Labute approximate surface area is 116 Å². The van der Waals surface area contributed by atoms with Crippen LogP contribution in [0.2, 0.25) is 0 Å². The molecule has 1 aromatic heterocycles. The average molecular weight is 297 g/mol. The van der Waals surface area contributed by atoms with Crippen molar-refractivity contribution in [3.05, 3.63) is 46.7 Å². The molecule has 0 aliphatic rings. The van der Waals surface area contributed by atoms with E-state index in [1.807, 2.05) is 16.8 Å². The molecule has 0 fully saturated rings. The molecular weight excluding hydrogens is 282 g/mol. The molecule has 1 heterocycles. The van der Waals surface area contributed by atoms with Crippen molar-refractivity contribution in [1.82, 2.24) is 0 Å². The molecule has 1 aromatic carbocycles. The molecule has 0 aliphatic heterocycles. The molecule has 102 valence electrons. The van der Waals surface area contributed by atoms with Crippen molar-refractivity contribution < 1.29 is 13.5 Å². The summed E-state index contributed by atoms with van der Waals surface area (Å²) >= 11 is 1.54. The molecule has 0 amide bonds. The van der Waals surface area contributed by atoms with Crippen molar-refractivity contribution in [2.45, 2.75) is 11.0 Å². The third kappa shape index (κ3) is 3.79. The van der Waals surface area contributed by atoms with E-state index in [0.29, 0.717) is 6.54 Å². The first-order chi connectivity index (χ1) is 8.97. The van der Waals surface area contributed by atoms with E-state index in [1.54, 1.807) is 24.3 Å². The van der Waals surface area contributed by atoms with Crippen molar-refractivity contribution in [2.75, 3.05) is 18.1 Å². The highest BCUT2D eigenvalue weighted by Crippen LogP contribution is 2.18. The van der Waals surface area contributed by atoms with Gasteiger partial charge in [0.25, 0.3) is 0 Å². The van der Waals surface area contributed by atoms with Gasteiger partial charge in [0.2, 0.25) is 0 Å². The molecule has 1 unspecified atom stereocenters. The van der Waals surface area contributed by atoms with Crippen LogP contribution >= 0.6 is 11.3 Å². The Kier molecular flexibility index (Phi) is 4.24. The maximum Gasteiger partial charge on any atom is 0.175 e. The number of benzene rings is 1. The summed E-state index contributed by atoms with van der Waals surface area (Å²) in [5.41, 5.74) is 1.66. The van der Waals surface area contributed by atoms with Gasteiger partial charge in [-0.15, -0.1) is 0 Å². The summed E-state index contributed by atoms with van der Waals surface area (Å²) in [5.74, 6) is 0. The average Bonchev–Trinajstić information content (AvgIpc) is 2.89. The minimum atomic E-state index is -3.16. The normalized spacial score (nSPS) is 13.2. The molecule has 6 heteroatoms. The van der Waals surface area contributed by atoms with Crippen molar-refractivity contribution in [2.24, 2.45) is 0 Å². The van der Waals surface area contributed by atoms with Crippen LogP contribution in [0.3, 0.4) is 0 Å². The largest absolute Gasteiger partial charge is 0.387 e. The lowest BCUT2D eigenvalue weighted by Crippen LogP contribution is -2.11. The standard InChI is InChI=1S/C13H15NO3S2/c1-19(16,17)12-4-2-11(3-5-12)14-8-13(15)10-6-7-18-9-10/h2-7,9,13-15H,8H2,1H3. The van der Waals surface area contributed by atoms with E-state index in [-0.39, 0.29) is 4.90 Å². The molecule has 0 radical (unpaired) electrons. The molecule has 0 saturated carbocycles.